The van der Waals surface area contributed by atoms with Gasteiger partial charge in [0.15, 0.2) is 12.1 Å². The van der Waals surface area contributed by atoms with Gasteiger partial charge in [-0.25, -0.2) is 4.79 Å². The van der Waals surface area contributed by atoms with Crippen molar-refractivity contribution in [2.24, 2.45) is 0 Å². The lowest BCUT2D eigenvalue weighted by Gasteiger charge is -2.28. The number of carbonyl (C=O) groups is 3. The minimum absolute atomic E-state index is 0.103. The van der Waals surface area contributed by atoms with Crippen LogP contribution in [0, 0.1) is 6.92 Å². The van der Waals surface area contributed by atoms with Gasteiger partial charge >= 0.3 is 6.09 Å². The van der Waals surface area contributed by atoms with Crippen LogP contribution in [0.5, 0.6) is 0 Å². The number of nitrogens with one attached hydrogen (secondary N) is 1. The fourth-order valence-corrected chi connectivity index (χ4v) is 4.79. The number of rotatable bonds is 6. The molecule has 2 aliphatic heterocycles. The number of hydrogen-bond donors (Lipinski definition) is 1. The van der Waals surface area contributed by atoms with E-state index in [0.717, 1.165) is 24.0 Å². The molecule has 0 radical (unpaired) electrons. The molecular formula is C29H29N3O4. The smallest absolute Gasteiger partial charge is 0.411 e. The van der Waals surface area contributed by atoms with Crippen molar-refractivity contribution in [1.29, 1.82) is 0 Å². The van der Waals surface area contributed by atoms with Crippen molar-refractivity contribution >= 4 is 23.6 Å². The summed E-state index contributed by atoms with van der Waals surface area (Å²) < 4.78 is 5.82. The minimum atomic E-state index is -0.781. The second-order valence-electron chi connectivity index (χ2n) is 9.34. The maximum atomic E-state index is 13.7. The van der Waals surface area contributed by atoms with E-state index in [1.807, 2.05) is 48.2 Å². The Morgan fingerprint density at radius 2 is 1.67 bits per heavy atom. The number of ether oxygens (including phenoxy) is 1. The summed E-state index contributed by atoms with van der Waals surface area (Å²) >= 11 is 0. The molecule has 2 fully saturated rings. The topological polar surface area (TPSA) is 79.0 Å². The molecule has 2 heterocycles. The molecule has 0 aliphatic carbocycles. The Morgan fingerprint density at radius 3 is 2.39 bits per heavy atom. The molecule has 36 heavy (non-hydrogen) atoms. The van der Waals surface area contributed by atoms with Crippen LogP contribution in [0.1, 0.15) is 46.0 Å². The third-order valence-corrected chi connectivity index (χ3v) is 6.74. The largest absolute Gasteiger partial charge is 0.438 e. The van der Waals surface area contributed by atoms with E-state index < -0.39 is 18.2 Å². The number of nitrogens with zero attached hydrogens (tertiary/aromatic N) is 2. The molecule has 184 valence electrons. The van der Waals surface area contributed by atoms with Gasteiger partial charge in [0, 0.05) is 24.3 Å². The third kappa shape index (κ3) is 4.96. The number of cyclic esters (lactones) is 1. The maximum Gasteiger partial charge on any atom is 0.411 e. The molecule has 1 N–H and O–H groups in total. The Hall–Kier alpha value is -4.13. The lowest BCUT2D eigenvalue weighted by atomic mass is 9.99. The molecule has 5 rings (SSSR count). The number of hydrogen-bond acceptors (Lipinski definition) is 4. The third-order valence-electron chi connectivity index (χ3n) is 6.74. The van der Waals surface area contributed by atoms with Crippen molar-refractivity contribution in [2.45, 2.75) is 38.5 Å². The molecule has 0 saturated carbocycles. The minimum Gasteiger partial charge on any atom is -0.438 e. The SMILES string of the molecule is Cc1ccc(CN2C(=O)OC(c3cccc(NC(=O)c4ccccc4)c3)C2C(=O)N2CCCC2)cc1. The molecule has 3 aromatic carbocycles. The molecule has 0 bridgehead atoms. The van der Waals surface area contributed by atoms with Crippen molar-refractivity contribution in [1.82, 2.24) is 9.80 Å². The average molecular weight is 484 g/mol. The van der Waals surface area contributed by atoms with Gasteiger partial charge in [0.1, 0.15) is 0 Å². The van der Waals surface area contributed by atoms with Crippen molar-refractivity contribution in [3.05, 3.63) is 101 Å². The summed E-state index contributed by atoms with van der Waals surface area (Å²) in [6.45, 7) is 3.65. The Balaban J connectivity index is 1.43. The summed E-state index contributed by atoms with van der Waals surface area (Å²) in [6, 6.07) is 23.3. The predicted octanol–water partition coefficient (Wildman–Crippen LogP) is 4.93. The molecule has 2 saturated heterocycles. The van der Waals surface area contributed by atoms with Crippen LogP contribution in [0.2, 0.25) is 0 Å². The molecule has 2 unspecified atom stereocenters. The molecule has 3 aromatic rings. The highest BCUT2D eigenvalue weighted by Crippen LogP contribution is 2.36. The number of carbonyl (C=O) groups excluding carboxylic acids is 3. The highest BCUT2D eigenvalue weighted by Gasteiger charge is 2.48. The van der Waals surface area contributed by atoms with Gasteiger partial charge in [-0.05, 0) is 55.2 Å². The van der Waals surface area contributed by atoms with Crippen LogP contribution in [0.3, 0.4) is 0 Å². The molecular weight excluding hydrogens is 454 g/mol. The Morgan fingerprint density at radius 1 is 0.944 bits per heavy atom. The van der Waals surface area contributed by atoms with Crippen LogP contribution in [0.4, 0.5) is 10.5 Å². The van der Waals surface area contributed by atoms with Crippen molar-refractivity contribution in [3.63, 3.8) is 0 Å². The summed E-state index contributed by atoms with van der Waals surface area (Å²) in [5, 5.41) is 2.90. The zero-order valence-corrected chi connectivity index (χ0v) is 20.2. The standard InChI is InChI=1S/C29H29N3O4/c1-20-12-14-21(15-13-20)19-32-25(28(34)31-16-5-6-17-31)26(36-29(32)35)23-10-7-11-24(18-23)30-27(33)22-8-3-2-4-9-22/h2-4,7-15,18,25-26H,5-6,16-17,19H2,1H3,(H,30,33). The number of aryl methyl sites for hydroxylation is 1. The molecule has 0 spiro atoms. The highest BCUT2D eigenvalue weighted by molar-refractivity contribution is 6.04. The van der Waals surface area contributed by atoms with Crippen LogP contribution in [-0.2, 0) is 16.1 Å². The summed E-state index contributed by atoms with van der Waals surface area (Å²) in [6.07, 6.45) is 0.620. The Kier molecular flexibility index (Phi) is 6.71. The summed E-state index contributed by atoms with van der Waals surface area (Å²) in [7, 11) is 0. The molecule has 0 aromatic heterocycles. The first kappa shape index (κ1) is 23.6. The van der Waals surface area contributed by atoms with Crippen molar-refractivity contribution < 1.29 is 19.1 Å². The normalized spacial score (nSPS) is 19.3. The van der Waals surface area contributed by atoms with Gasteiger partial charge in [-0.1, -0.05) is 60.2 Å². The first-order chi connectivity index (χ1) is 17.5. The number of likely N-dealkylation sites (tertiary alicyclic amines) is 1. The van der Waals surface area contributed by atoms with E-state index in [4.69, 9.17) is 4.74 Å². The van der Waals surface area contributed by atoms with E-state index in [-0.39, 0.29) is 18.4 Å². The van der Waals surface area contributed by atoms with Gasteiger partial charge in [0.2, 0.25) is 5.91 Å². The van der Waals surface area contributed by atoms with Gasteiger partial charge in [0.25, 0.3) is 5.91 Å². The van der Waals surface area contributed by atoms with Crippen molar-refractivity contribution in [2.75, 3.05) is 18.4 Å². The van der Waals surface area contributed by atoms with Crippen LogP contribution >= 0.6 is 0 Å². The molecule has 7 heteroatoms. The second kappa shape index (κ2) is 10.2. The lowest BCUT2D eigenvalue weighted by Crippen LogP contribution is -2.47. The number of anilines is 1. The highest BCUT2D eigenvalue weighted by atomic mass is 16.6. The number of amides is 3. The monoisotopic (exact) mass is 483 g/mol. The Labute approximate surface area is 210 Å². The number of benzene rings is 3. The van der Waals surface area contributed by atoms with Gasteiger partial charge in [-0.15, -0.1) is 0 Å². The van der Waals surface area contributed by atoms with E-state index in [9.17, 15) is 14.4 Å². The van der Waals surface area contributed by atoms with Gasteiger partial charge in [-0.3, -0.25) is 14.5 Å². The van der Waals surface area contributed by atoms with Gasteiger partial charge in [0.05, 0.1) is 6.54 Å². The molecule has 3 amide bonds. The van der Waals surface area contributed by atoms with E-state index >= 15 is 0 Å². The van der Waals surface area contributed by atoms with Crippen LogP contribution in [-0.4, -0.2) is 46.8 Å². The van der Waals surface area contributed by atoms with E-state index in [1.54, 1.807) is 42.5 Å². The fraction of sp³-hybridized carbons (Fsp3) is 0.276. The fourth-order valence-electron chi connectivity index (χ4n) is 4.79. The van der Waals surface area contributed by atoms with E-state index in [2.05, 4.69) is 5.32 Å². The van der Waals surface area contributed by atoms with Crippen LogP contribution < -0.4 is 5.32 Å². The summed E-state index contributed by atoms with van der Waals surface area (Å²) in [5.41, 5.74) is 3.84. The van der Waals surface area contributed by atoms with Crippen molar-refractivity contribution in [3.8, 4) is 0 Å². The van der Waals surface area contributed by atoms with Gasteiger partial charge in [-0.2, -0.15) is 0 Å². The zero-order valence-electron chi connectivity index (χ0n) is 20.2. The molecule has 2 aliphatic rings. The van der Waals surface area contributed by atoms with E-state index in [1.165, 1.54) is 4.90 Å². The van der Waals surface area contributed by atoms with Gasteiger partial charge < -0.3 is 15.0 Å². The Bertz CT molecular complexity index is 1250. The van der Waals surface area contributed by atoms with Crippen LogP contribution in [0.25, 0.3) is 0 Å². The first-order valence-electron chi connectivity index (χ1n) is 12.3. The quantitative estimate of drug-likeness (QED) is 0.539. The van der Waals surface area contributed by atoms with Crippen LogP contribution in [0.15, 0.2) is 78.9 Å². The second-order valence-corrected chi connectivity index (χ2v) is 9.34. The van der Waals surface area contributed by atoms with E-state index in [0.29, 0.717) is 29.9 Å². The maximum absolute atomic E-state index is 13.7. The average Bonchev–Trinajstić information content (AvgIpc) is 3.55. The lowest BCUT2D eigenvalue weighted by molar-refractivity contribution is -0.135. The molecule has 7 nitrogen and oxygen atoms in total. The predicted molar refractivity (Wildman–Crippen MR) is 136 cm³/mol. The summed E-state index contributed by atoms with van der Waals surface area (Å²) in [4.78, 5) is 42.7. The first-order valence-corrected chi connectivity index (χ1v) is 12.3. The molecule has 2 atom stereocenters. The zero-order chi connectivity index (χ0) is 25.1. The summed E-state index contributed by atoms with van der Waals surface area (Å²) in [5.74, 6) is -0.337.